The van der Waals surface area contributed by atoms with E-state index in [0.717, 1.165) is 21.0 Å². The maximum atomic E-state index is 14.2. The molecular formula is C32H39Cl2N3O4S. The zero-order valence-corrected chi connectivity index (χ0v) is 27.5. The van der Waals surface area contributed by atoms with Crippen molar-refractivity contribution in [2.24, 2.45) is 0 Å². The molecule has 10 heteroatoms. The van der Waals surface area contributed by atoms with E-state index in [4.69, 9.17) is 23.2 Å². The molecule has 3 aromatic carbocycles. The van der Waals surface area contributed by atoms with Gasteiger partial charge in [-0.3, -0.25) is 13.9 Å². The summed E-state index contributed by atoms with van der Waals surface area (Å²) in [6.45, 7) is 12.5. The lowest BCUT2D eigenvalue weighted by Crippen LogP contribution is -2.55. The molecule has 0 radical (unpaired) electrons. The molecule has 42 heavy (non-hydrogen) atoms. The molecule has 3 rings (SSSR count). The Morgan fingerprint density at radius 1 is 0.905 bits per heavy atom. The highest BCUT2D eigenvalue weighted by atomic mass is 35.5. The van der Waals surface area contributed by atoms with Crippen molar-refractivity contribution in [3.05, 3.63) is 93.0 Å². The van der Waals surface area contributed by atoms with E-state index in [1.165, 1.54) is 17.0 Å². The summed E-state index contributed by atoms with van der Waals surface area (Å²) in [5.74, 6) is -0.895. The molecule has 1 atom stereocenters. The van der Waals surface area contributed by atoms with Crippen molar-refractivity contribution in [2.45, 2.75) is 77.9 Å². The Kier molecular flexibility index (Phi) is 10.7. The second kappa shape index (κ2) is 13.5. The SMILES string of the molecule is CC[C@H](C(=O)NC(C)(C)C)N(Cc1ccc(Cl)cc1Cl)C(=O)CN(c1ccc(C)c(C)c1)S(=O)(=O)c1ccc(C)cc1. The van der Waals surface area contributed by atoms with E-state index in [-0.39, 0.29) is 17.3 Å². The number of nitrogens with zero attached hydrogens (tertiary/aromatic N) is 2. The predicted octanol–water partition coefficient (Wildman–Crippen LogP) is 6.84. The van der Waals surface area contributed by atoms with Crippen molar-refractivity contribution in [3.63, 3.8) is 0 Å². The first kappa shape index (κ1) is 33.4. The Bertz CT molecular complexity index is 1550. The first-order chi connectivity index (χ1) is 19.5. The van der Waals surface area contributed by atoms with Crippen LogP contribution in [0.25, 0.3) is 0 Å². The van der Waals surface area contributed by atoms with Crippen LogP contribution in [-0.2, 0) is 26.2 Å². The molecule has 0 spiro atoms. The Morgan fingerprint density at radius 2 is 1.55 bits per heavy atom. The van der Waals surface area contributed by atoms with Crippen LogP contribution >= 0.6 is 23.2 Å². The van der Waals surface area contributed by atoms with Gasteiger partial charge in [0.2, 0.25) is 11.8 Å². The average Bonchev–Trinajstić information content (AvgIpc) is 2.89. The Morgan fingerprint density at radius 3 is 2.10 bits per heavy atom. The number of rotatable bonds is 10. The maximum Gasteiger partial charge on any atom is 0.264 e. The number of hydrogen-bond donors (Lipinski definition) is 1. The van der Waals surface area contributed by atoms with E-state index >= 15 is 0 Å². The number of benzene rings is 3. The number of halogens is 2. The summed E-state index contributed by atoms with van der Waals surface area (Å²) in [4.78, 5) is 29.2. The summed E-state index contributed by atoms with van der Waals surface area (Å²) in [6.07, 6.45) is 0.299. The van der Waals surface area contributed by atoms with Crippen LogP contribution in [0.1, 0.15) is 56.4 Å². The normalized spacial score (nSPS) is 12.5. The van der Waals surface area contributed by atoms with Gasteiger partial charge in [0.15, 0.2) is 0 Å². The topological polar surface area (TPSA) is 86.8 Å². The Balaban J connectivity index is 2.12. The van der Waals surface area contributed by atoms with E-state index < -0.39 is 34.1 Å². The number of carbonyl (C=O) groups excluding carboxylic acids is 2. The van der Waals surface area contributed by atoms with Crippen LogP contribution in [0.15, 0.2) is 65.6 Å². The quantitative estimate of drug-likeness (QED) is 0.265. The molecule has 0 aliphatic heterocycles. The largest absolute Gasteiger partial charge is 0.350 e. The van der Waals surface area contributed by atoms with Crippen LogP contribution in [-0.4, -0.2) is 43.3 Å². The van der Waals surface area contributed by atoms with Crippen molar-refractivity contribution in [2.75, 3.05) is 10.8 Å². The monoisotopic (exact) mass is 631 g/mol. The molecular weight excluding hydrogens is 593 g/mol. The van der Waals surface area contributed by atoms with E-state index in [2.05, 4.69) is 5.32 Å². The van der Waals surface area contributed by atoms with Crippen LogP contribution < -0.4 is 9.62 Å². The number of aryl methyl sites for hydroxylation is 3. The van der Waals surface area contributed by atoms with E-state index in [1.807, 2.05) is 47.6 Å². The number of sulfonamides is 1. The fraction of sp³-hybridized carbons (Fsp3) is 0.375. The van der Waals surface area contributed by atoms with E-state index in [9.17, 15) is 18.0 Å². The van der Waals surface area contributed by atoms with Gasteiger partial charge in [-0.2, -0.15) is 0 Å². The third-order valence-electron chi connectivity index (χ3n) is 6.91. The predicted molar refractivity (Wildman–Crippen MR) is 171 cm³/mol. The molecule has 1 N–H and O–H groups in total. The van der Waals surface area contributed by atoms with Gasteiger partial charge in [0.25, 0.3) is 10.0 Å². The van der Waals surface area contributed by atoms with Crippen LogP contribution in [0.2, 0.25) is 10.0 Å². The number of nitrogens with one attached hydrogen (secondary N) is 1. The summed E-state index contributed by atoms with van der Waals surface area (Å²) in [6, 6.07) is 15.8. The number of carbonyl (C=O) groups is 2. The average molecular weight is 633 g/mol. The van der Waals surface area contributed by atoms with Gasteiger partial charge in [-0.25, -0.2) is 8.42 Å². The standard InChI is InChI=1S/C32H39Cl2N3O4S/c1-8-29(31(39)35-32(5,6)7)36(19-24-12-13-25(33)18-28(24)34)30(38)20-37(26-14-11-22(3)23(4)17-26)42(40,41)27-15-9-21(2)10-16-27/h9-18,29H,8,19-20H2,1-7H3,(H,35,39)/t29-/m1/s1. The molecule has 0 aromatic heterocycles. The first-order valence-corrected chi connectivity index (χ1v) is 15.9. The molecule has 0 fully saturated rings. The zero-order chi connectivity index (χ0) is 31.4. The second-order valence-electron chi connectivity index (χ2n) is 11.5. The van der Waals surface area contributed by atoms with E-state index in [1.54, 1.807) is 49.4 Å². The number of amides is 2. The summed E-state index contributed by atoms with van der Waals surface area (Å²) in [5.41, 5.74) is 3.16. The summed E-state index contributed by atoms with van der Waals surface area (Å²) in [5, 5.41) is 3.73. The molecule has 2 amide bonds. The van der Waals surface area contributed by atoms with Gasteiger partial charge in [-0.1, -0.05) is 60.0 Å². The van der Waals surface area contributed by atoms with Gasteiger partial charge in [-0.15, -0.1) is 0 Å². The molecule has 0 saturated carbocycles. The summed E-state index contributed by atoms with van der Waals surface area (Å²) in [7, 11) is -4.16. The lowest BCUT2D eigenvalue weighted by Gasteiger charge is -2.35. The highest BCUT2D eigenvalue weighted by Gasteiger charge is 2.35. The third-order valence-corrected chi connectivity index (χ3v) is 9.28. The molecule has 0 aliphatic carbocycles. The molecule has 0 bridgehead atoms. The van der Waals surface area contributed by atoms with Crippen molar-refractivity contribution >= 4 is 50.7 Å². The second-order valence-corrected chi connectivity index (χ2v) is 14.2. The molecule has 0 unspecified atom stereocenters. The molecule has 3 aromatic rings. The minimum atomic E-state index is -4.16. The minimum absolute atomic E-state index is 0.0176. The lowest BCUT2D eigenvalue weighted by atomic mass is 10.1. The summed E-state index contributed by atoms with van der Waals surface area (Å²) < 4.78 is 29.2. The number of hydrogen-bond acceptors (Lipinski definition) is 4. The first-order valence-electron chi connectivity index (χ1n) is 13.8. The van der Waals surface area contributed by atoms with E-state index in [0.29, 0.717) is 27.7 Å². The van der Waals surface area contributed by atoms with Crippen molar-refractivity contribution in [3.8, 4) is 0 Å². The fourth-order valence-electron chi connectivity index (χ4n) is 4.45. The Hall–Kier alpha value is -3.07. The maximum absolute atomic E-state index is 14.2. The summed E-state index contributed by atoms with van der Waals surface area (Å²) >= 11 is 12.6. The molecule has 0 aliphatic rings. The lowest BCUT2D eigenvalue weighted by molar-refractivity contribution is -0.141. The number of anilines is 1. The molecule has 7 nitrogen and oxygen atoms in total. The van der Waals surface area contributed by atoms with Gasteiger partial charge in [0.05, 0.1) is 10.6 Å². The van der Waals surface area contributed by atoms with Crippen molar-refractivity contribution in [1.82, 2.24) is 10.2 Å². The smallest absolute Gasteiger partial charge is 0.264 e. The molecule has 226 valence electrons. The van der Waals surface area contributed by atoms with Crippen LogP contribution in [0.3, 0.4) is 0 Å². The zero-order valence-electron chi connectivity index (χ0n) is 25.2. The van der Waals surface area contributed by atoms with Gasteiger partial charge >= 0.3 is 0 Å². The fourth-order valence-corrected chi connectivity index (χ4v) is 6.33. The van der Waals surface area contributed by atoms with Crippen molar-refractivity contribution < 1.29 is 18.0 Å². The van der Waals surface area contributed by atoms with Gasteiger partial charge in [0, 0.05) is 22.1 Å². The Labute approximate surface area is 259 Å². The van der Waals surface area contributed by atoms with Gasteiger partial charge in [0.1, 0.15) is 12.6 Å². The third kappa shape index (κ3) is 8.27. The minimum Gasteiger partial charge on any atom is -0.350 e. The highest BCUT2D eigenvalue weighted by Crippen LogP contribution is 2.28. The molecule has 0 saturated heterocycles. The van der Waals surface area contributed by atoms with Crippen LogP contribution in [0, 0.1) is 20.8 Å². The molecule has 0 heterocycles. The highest BCUT2D eigenvalue weighted by molar-refractivity contribution is 7.92. The van der Waals surface area contributed by atoms with Gasteiger partial charge < -0.3 is 10.2 Å². The van der Waals surface area contributed by atoms with Crippen LogP contribution in [0.5, 0.6) is 0 Å². The van der Waals surface area contributed by atoms with Crippen LogP contribution in [0.4, 0.5) is 5.69 Å². The van der Waals surface area contributed by atoms with Crippen molar-refractivity contribution in [1.29, 1.82) is 0 Å². The van der Waals surface area contributed by atoms with Gasteiger partial charge in [-0.05, 0) is 101 Å².